The van der Waals surface area contributed by atoms with E-state index in [0.717, 1.165) is 0 Å². The zero-order valence-corrected chi connectivity index (χ0v) is 31.2. The van der Waals surface area contributed by atoms with E-state index in [1.165, 1.54) is 13.2 Å². The van der Waals surface area contributed by atoms with Crippen molar-refractivity contribution in [3.05, 3.63) is 51.6 Å². The molecule has 14 nitrogen and oxygen atoms in total. The lowest BCUT2D eigenvalue weighted by Crippen LogP contribution is -2.49. The SMILES string of the molecule is COc1cccc2c1C(=O)c1c(O)c3c(c(O)c1C2=O)C[C@@H](C(=O)NCCN(C)C(=O)[C@H](C)C(C)C)C[C@@H]3O[C@H]1CC[C@H](O[C@@H]2COCCN2)[C@H](C)O1. The third-order valence-corrected chi connectivity index (χ3v) is 11.0. The number of carbonyl (C=O) groups is 4. The molecule has 0 bridgehead atoms. The Kier molecular flexibility index (Phi) is 11.7. The maximum atomic E-state index is 14.0. The van der Waals surface area contributed by atoms with Crippen LogP contribution >= 0.6 is 0 Å². The van der Waals surface area contributed by atoms with Crippen molar-refractivity contribution < 1.29 is 53.1 Å². The summed E-state index contributed by atoms with van der Waals surface area (Å²) in [6.45, 7) is 9.95. The van der Waals surface area contributed by atoms with Crippen LogP contribution in [0, 0.1) is 17.8 Å². The van der Waals surface area contributed by atoms with E-state index >= 15 is 0 Å². The van der Waals surface area contributed by atoms with Crippen LogP contribution < -0.4 is 15.4 Å². The molecule has 0 radical (unpaired) electrons. The molecule has 2 aliphatic carbocycles. The maximum absolute atomic E-state index is 14.0. The maximum Gasteiger partial charge on any atom is 0.225 e. The monoisotopic (exact) mass is 737 g/mol. The van der Waals surface area contributed by atoms with Gasteiger partial charge in [-0.2, -0.15) is 0 Å². The second-order valence-corrected chi connectivity index (χ2v) is 14.8. The number of hydrogen-bond acceptors (Lipinski definition) is 12. The first-order valence-corrected chi connectivity index (χ1v) is 18.5. The minimum atomic E-state index is -0.994. The Morgan fingerprint density at radius 2 is 1.81 bits per heavy atom. The minimum absolute atomic E-state index is 0.00717. The van der Waals surface area contributed by atoms with Gasteiger partial charge in [0.05, 0.1) is 55.3 Å². The molecule has 7 atom stereocenters. The fourth-order valence-electron chi connectivity index (χ4n) is 7.67. The van der Waals surface area contributed by atoms with Crippen molar-refractivity contribution in [1.82, 2.24) is 15.5 Å². The molecule has 288 valence electrons. The van der Waals surface area contributed by atoms with Gasteiger partial charge in [0.2, 0.25) is 17.6 Å². The van der Waals surface area contributed by atoms with Crippen LogP contribution in [0.1, 0.15) is 96.0 Å². The number of benzene rings is 2. The molecule has 0 unspecified atom stereocenters. The second kappa shape index (κ2) is 16.1. The number of rotatable bonds is 11. The first-order chi connectivity index (χ1) is 25.3. The van der Waals surface area contributed by atoms with E-state index in [2.05, 4.69) is 10.6 Å². The van der Waals surface area contributed by atoms with Crippen LogP contribution in [0.25, 0.3) is 0 Å². The smallest absolute Gasteiger partial charge is 0.225 e. The molecule has 2 aromatic carbocycles. The zero-order chi connectivity index (χ0) is 38.1. The number of ether oxygens (including phenoxy) is 5. The summed E-state index contributed by atoms with van der Waals surface area (Å²) in [7, 11) is 3.08. The molecule has 6 rings (SSSR count). The van der Waals surface area contributed by atoms with Crippen molar-refractivity contribution in [3.8, 4) is 17.2 Å². The van der Waals surface area contributed by atoms with Crippen LogP contribution in [0.2, 0.25) is 0 Å². The number of phenols is 2. The summed E-state index contributed by atoms with van der Waals surface area (Å²) in [6.07, 6.45) is -1.54. The number of aromatic hydroxyl groups is 2. The highest BCUT2D eigenvalue weighted by atomic mass is 16.7. The predicted octanol–water partition coefficient (Wildman–Crippen LogP) is 3.22. The van der Waals surface area contributed by atoms with Crippen molar-refractivity contribution in [2.75, 3.05) is 47.0 Å². The summed E-state index contributed by atoms with van der Waals surface area (Å²) in [5, 5.41) is 29.9. The quantitative estimate of drug-likeness (QED) is 0.211. The van der Waals surface area contributed by atoms with Crippen molar-refractivity contribution >= 4 is 23.4 Å². The lowest BCUT2D eigenvalue weighted by atomic mass is 9.74. The highest BCUT2D eigenvalue weighted by Crippen LogP contribution is 2.51. The minimum Gasteiger partial charge on any atom is -0.507 e. The fraction of sp³-hybridized carbons (Fsp3) is 0.590. The molecular weight excluding hydrogens is 686 g/mol. The number of amides is 2. The van der Waals surface area contributed by atoms with Crippen molar-refractivity contribution in [2.24, 2.45) is 17.8 Å². The molecule has 2 fully saturated rings. The molecule has 2 aromatic rings. The highest BCUT2D eigenvalue weighted by molar-refractivity contribution is 6.31. The lowest BCUT2D eigenvalue weighted by Gasteiger charge is -2.40. The fourth-order valence-corrected chi connectivity index (χ4v) is 7.67. The van der Waals surface area contributed by atoms with E-state index in [-0.39, 0.29) is 101 Å². The van der Waals surface area contributed by atoms with Crippen LogP contribution in [0.3, 0.4) is 0 Å². The molecule has 0 spiro atoms. The summed E-state index contributed by atoms with van der Waals surface area (Å²) in [6, 6.07) is 4.59. The number of carbonyl (C=O) groups excluding carboxylic acids is 4. The molecule has 0 saturated carbocycles. The molecule has 14 heteroatoms. The Hall–Kier alpha value is -4.08. The van der Waals surface area contributed by atoms with Crippen LogP contribution in [-0.2, 0) is 35.0 Å². The van der Waals surface area contributed by atoms with Gasteiger partial charge in [-0.15, -0.1) is 0 Å². The van der Waals surface area contributed by atoms with Gasteiger partial charge in [0.25, 0.3) is 0 Å². The third kappa shape index (κ3) is 7.65. The molecule has 53 heavy (non-hydrogen) atoms. The topological polar surface area (TPSA) is 182 Å². The number of ketones is 2. The molecule has 2 saturated heterocycles. The van der Waals surface area contributed by atoms with Gasteiger partial charge in [-0.1, -0.05) is 32.9 Å². The lowest BCUT2D eigenvalue weighted by molar-refractivity contribution is -0.255. The van der Waals surface area contributed by atoms with Gasteiger partial charge in [-0.25, -0.2) is 0 Å². The van der Waals surface area contributed by atoms with Gasteiger partial charge in [0.15, 0.2) is 12.1 Å². The molecular formula is C39H51N3O11. The van der Waals surface area contributed by atoms with Gasteiger partial charge >= 0.3 is 0 Å². The van der Waals surface area contributed by atoms with Gasteiger partial charge in [0, 0.05) is 61.6 Å². The van der Waals surface area contributed by atoms with E-state index in [9.17, 15) is 29.4 Å². The molecule has 4 aliphatic rings. The zero-order valence-electron chi connectivity index (χ0n) is 31.2. The highest BCUT2D eigenvalue weighted by Gasteiger charge is 2.45. The normalized spacial score (nSPS) is 25.9. The van der Waals surface area contributed by atoms with Gasteiger partial charge in [-0.05, 0) is 38.2 Å². The summed E-state index contributed by atoms with van der Waals surface area (Å²) in [5.41, 5.74) is -0.346. The van der Waals surface area contributed by atoms with Gasteiger partial charge in [0.1, 0.15) is 23.5 Å². The molecule has 2 amide bonds. The number of hydrogen-bond donors (Lipinski definition) is 4. The van der Waals surface area contributed by atoms with E-state index in [4.69, 9.17) is 23.7 Å². The summed E-state index contributed by atoms with van der Waals surface area (Å²) in [5.74, 6) is -3.23. The van der Waals surface area contributed by atoms with Crippen molar-refractivity contribution in [1.29, 1.82) is 0 Å². The van der Waals surface area contributed by atoms with Crippen molar-refractivity contribution in [3.63, 3.8) is 0 Å². The Morgan fingerprint density at radius 1 is 1.06 bits per heavy atom. The van der Waals surface area contributed by atoms with Crippen molar-refractivity contribution in [2.45, 2.75) is 84.2 Å². The van der Waals surface area contributed by atoms with Crippen LogP contribution in [0.4, 0.5) is 0 Å². The number of phenolic OH excluding ortho intramolecular Hbond substituents is 2. The molecule has 4 N–H and O–H groups in total. The number of methoxy groups -OCH3 is 1. The van der Waals surface area contributed by atoms with Gasteiger partial charge in [-0.3, -0.25) is 24.5 Å². The first kappa shape index (κ1) is 38.6. The van der Waals surface area contributed by atoms with Crippen LogP contribution in [0.5, 0.6) is 17.2 Å². The van der Waals surface area contributed by atoms with E-state index < -0.39 is 41.4 Å². The molecule has 0 aromatic heterocycles. The summed E-state index contributed by atoms with van der Waals surface area (Å²) < 4.78 is 29.9. The first-order valence-electron chi connectivity index (χ1n) is 18.5. The number of nitrogens with one attached hydrogen (secondary N) is 2. The average molecular weight is 738 g/mol. The Balaban J connectivity index is 1.27. The average Bonchev–Trinajstić information content (AvgIpc) is 3.15. The Labute approximate surface area is 309 Å². The summed E-state index contributed by atoms with van der Waals surface area (Å²) in [4.78, 5) is 56.0. The summed E-state index contributed by atoms with van der Waals surface area (Å²) >= 11 is 0. The third-order valence-electron chi connectivity index (χ3n) is 11.0. The van der Waals surface area contributed by atoms with E-state index in [0.29, 0.717) is 39.1 Å². The van der Waals surface area contributed by atoms with E-state index in [1.807, 2.05) is 27.7 Å². The standard InChI is InChI=1S/C39H51N3O11/c1-19(2)20(3)39(48)42(5)14-12-41-38(47)22-16-24-31(27(17-22)53-29-11-10-25(21(4)51-29)52-28-18-50-15-13-40-28)37(46)33-32(35(24)44)34(43)23-8-7-9-26(49-6)30(23)36(33)45/h7-9,19-22,25,27-29,40,44,46H,10-18H2,1-6H3,(H,41,47)/t20-,21+,22-,25+,27+,28-,29+/m1/s1. The number of morpholine rings is 1. The largest absolute Gasteiger partial charge is 0.507 e. The molecule has 2 aliphatic heterocycles. The van der Waals surface area contributed by atoms with E-state index in [1.54, 1.807) is 24.1 Å². The van der Waals surface area contributed by atoms with Crippen LogP contribution in [-0.4, -0.2) is 110 Å². The number of fused-ring (bicyclic) bond motifs is 3. The number of nitrogens with zero attached hydrogens (tertiary/aromatic N) is 1. The Morgan fingerprint density at radius 3 is 2.49 bits per heavy atom. The second-order valence-electron chi connectivity index (χ2n) is 14.8. The number of likely N-dealkylation sites (N-methyl/N-ethyl adjacent to an activating group) is 1. The molecule has 2 heterocycles. The van der Waals surface area contributed by atoms with Gasteiger partial charge < -0.3 is 44.1 Å². The Bertz CT molecular complexity index is 1740. The predicted molar refractivity (Wildman–Crippen MR) is 191 cm³/mol. The van der Waals surface area contributed by atoms with Crippen LogP contribution in [0.15, 0.2) is 18.2 Å².